The summed E-state index contributed by atoms with van der Waals surface area (Å²) in [6.07, 6.45) is 4.76. The van der Waals surface area contributed by atoms with Crippen LogP contribution in [0.2, 0.25) is 0 Å². The third-order valence-electron chi connectivity index (χ3n) is 6.38. The molecule has 11 nitrogen and oxygen atoms in total. The van der Waals surface area contributed by atoms with Gasteiger partial charge in [0, 0.05) is 18.3 Å². The molecule has 0 radical (unpaired) electrons. The third kappa shape index (κ3) is 5.91. The van der Waals surface area contributed by atoms with Gasteiger partial charge in [0.1, 0.15) is 28.5 Å². The molecule has 5 aromatic rings. The second-order valence-electron chi connectivity index (χ2n) is 8.99. The molecule has 2 N–H and O–H groups in total. The van der Waals surface area contributed by atoms with E-state index in [9.17, 15) is 0 Å². The molecule has 0 aliphatic rings. The minimum atomic E-state index is 0.302. The van der Waals surface area contributed by atoms with Crippen molar-refractivity contribution in [3.05, 3.63) is 89.8 Å². The van der Waals surface area contributed by atoms with Crippen LogP contribution in [0.25, 0.3) is 17.2 Å². The van der Waals surface area contributed by atoms with Crippen molar-refractivity contribution in [3.8, 4) is 29.4 Å². The van der Waals surface area contributed by atoms with Crippen LogP contribution in [0.1, 0.15) is 16.7 Å². The van der Waals surface area contributed by atoms with E-state index in [0.29, 0.717) is 57.9 Å². The fourth-order valence-electron chi connectivity index (χ4n) is 4.33. The quantitative estimate of drug-likeness (QED) is 0.202. The van der Waals surface area contributed by atoms with Gasteiger partial charge in [0.05, 0.1) is 45.4 Å². The molecular weight excluding hydrogens is 532 g/mol. The van der Waals surface area contributed by atoms with E-state index in [2.05, 4.69) is 26.7 Å². The highest BCUT2D eigenvalue weighted by atomic mass is 16.5. The summed E-state index contributed by atoms with van der Waals surface area (Å²) < 4.78 is 18.6. The number of fused-ring (bicyclic) bond motifs is 1. The van der Waals surface area contributed by atoms with Crippen LogP contribution < -0.4 is 24.8 Å². The number of aromatic nitrogens is 4. The molecule has 0 bridgehead atoms. The van der Waals surface area contributed by atoms with Gasteiger partial charge in [-0.05, 0) is 65.7 Å². The van der Waals surface area contributed by atoms with Crippen LogP contribution in [-0.4, -0.2) is 40.8 Å². The van der Waals surface area contributed by atoms with Gasteiger partial charge >= 0.3 is 0 Å². The largest absolute Gasteiger partial charge is 0.497 e. The number of benzene rings is 3. The Hall–Kier alpha value is -6.07. The zero-order valence-electron chi connectivity index (χ0n) is 23.1. The third-order valence-corrected chi connectivity index (χ3v) is 6.38. The summed E-state index contributed by atoms with van der Waals surface area (Å²) in [5.74, 6) is 2.50. The SMILES string of the molecule is COc1ccc(Cn2cnc3nc(Nc4ccc(C#N)cc4)nc(Nc4c(OC)cc(/C=C/C#N)cc4OC)c32)cc1. The maximum absolute atomic E-state index is 9.13. The summed E-state index contributed by atoms with van der Waals surface area (Å²) in [5, 5.41) is 24.7. The van der Waals surface area contributed by atoms with Gasteiger partial charge < -0.3 is 29.4 Å². The highest BCUT2D eigenvalue weighted by Gasteiger charge is 2.19. The number of methoxy groups -OCH3 is 3. The molecule has 2 aromatic heterocycles. The first-order chi connectivity index (χ1) is 20.5. The Morgan fingerprint density at radius 1 is 0.881 bits per heavy atom. The monoisotopic (exact) mass is 558 g/mol. The Balaban J connectivity index is 1.61. The van der Waals surface area contributed by atoms with Crippen LogP contribution in [-0.2, 0) is 6.54 Å². The van der Waals surface area contributed by atoms with Crippen molar-refractivity contribution in [2.24, 2.45) is 0 Å². The van der Waals surface area contributed by atoms with Gasteiger partial charge in [-0.3, -0.25) is 0 Å². The summed E-state index contributed by atoms with van der Waals surface area (Å²) >= 11 is 0. The lowest BCUT2D eigenvalue weighted by molar-refractivity contribution is 0.398. The van der Waals surface area contributed by atoms with E-state index in [1.807, 2.05) is 34.9 Å². The van der Waals surface area contributed by atoms with E-state index in [-0.39, 0.29) is 0 Å². The topological polar surface area (TPSA) is 143 Å². The molecular formula is C31H26N8O3. The summed E-state index contributed by atoms with van der Waals surface area (Å²) in [6.45, 7) is 0.507. The average molecular weight is 559 g/mol. The van der Waals surface area contributed by atoms with Crippen LogP contribution in [0.5, 0.6) is 17.2 Å². The Morgan fingerprint density at radius 2 is 1.60 bits per heavy atom. The van der Waals surface area contributed by atoms with Gasteiger partial charge in [-0.15, -0.1) is 0 Å². The summed E-state index contributed by atoms with van der Waals surface area (Å²) in [5.41, 5.74) is 4.68. The highest BCUT2D eigenvalue weighted by Crippen LogP contribution is 2.40. The average Bonchev–Trinajstić information content (AvgIpc) is 3.43. The molecule has 0 saturated heterocycles. The van der Waals surface area contributed by atoms with Crippen molar-refractivity contribution in [1.29, 1.82) is 10.5 Å². The fraction of sp³-hybridized carbons (Fsp3) is 0.129. The number of imidazole rings is 1. The normalized spacial score (nSPS) is 10.7. The molecule has 208 valence electrons. The van der Waals surface area contributed by atoms with Crippen LogP contribution in [0.4, 0.5) is 23.1 Å². The van der Waals surface area contributed by atoms with E-state index in [0.717, 1.165) is 16.9 Å². The van der Waals surface area contributed by atoms with Crippen molar-refractivity contribution in [2.75, 3.05) is 32.0 Å². The lowest BCUT2D eigenvalue weighted by atomic mass is 10.1. The number of anilines is 4. The molecule has 0 fully saturated rings. The van der Waals surface area contributed by atoms with E-state index < -0.39 is 0 Å². The number of hydrogen-bond acceptors (Lipinski definition) is 10. The number of nitrogens with one attached hydrogen (secondary N) is 2. The van der Waals surface area contributed by atoms with Crippen LogP contribution in [0, 0.1) is 22.7 Å². The van der Waals surface area contributed by atoms with Crippen molar-refractivity contribution in [3.63, 3.8) is 0 Å². The van der Waals surface area contributed by atoms with Gasteiger partial charge in [0.25, 0.3) is 0 Å². The molecule has 0 amide bonds. The van der Waals surface area contributed by atoms with Gasteiger partial charge in [0.15, 0.2) is 11.5 Å². The predicted octanol–water partition coefficient (Wildman–Crippen LogP) is 5.80. The minimum Gasteiger partial charge on any atom is -0.497 e. The number of hydrogen-bond donors (Lipinski definition) is 2. The van der Waals surface area contributed by atoms with Crippen LogP contribution in [0.15, 0.2) is 73.1 Å². The second kappa shape index (κ2) is 12.4. The molecule has 0 saturated carbocycles. The highest BCUT2D eigenvalue weighted by molar-refractivity contribution is 5.89. The van der Waals surface area contributed by atoms with Gasteiger partial charge in [0.2, 0.25) is 5.95 Å². The zero-order chi connectivity index (χ0) is 29.5. The first-order valence-electron chi connectivity index (χ1n) is 12.8. The second-order valence-corrected chi connectivity index (χ2v) is 8.99. The van der Waals surface area contributed by atoms with E-state index >= 15 is 0 Å². The van der Waals surface area contributed by atoms with Crippen molar-refractivity contribution in [1.82, 2.24) is 19.5 Å². The summed E-state index contributed by atoms with van der Waals surface area (Å²) in [6, 6.07) is 22.4. The molecule has 3 aromatic carbocycles. The smallest absolute Gasteiger partial charge is 0.231 e. The molecule has 0 atom stereocenters. The number of rotatable bonds is 10. The Bertz CT molecular complexity index is 1810. The maximum atomic E-state index is 9.13. The molecule has 11 heteroatoms. The van der Waals surface area contributed by atoms with Gasteiger partial charge in [-0.25, -0.2) is 4.98 Å². The number of nitriles is 2. The molecule has 0 aliphatic carbocycles. The summed E-state index contributed by atoms with van der Waals surface area (Å²) in [4.78, 5) is 14.0. The maximum Gasteiger partial charge on any atom is 0.231 e. The summed E-state index contributed by atoms with van der Waals surface area (Å²) in [7, 11) is 4.74. The minimum absolute atomic E-state index is 0.302. The van der Waals surface area contributed by atoms with E-state index in [1.54, 1.807) is 70.1 Å². The molecule has 5 rings (SSSR count). The predicted molar refractivity (Wildman–Crippen MR) is 159 cm³/mol. The van der Waals surface area contributed by atoms with Crippen LogP contribution in [0.3, 0.4) is 0 Å². The number of nitrogens with zero attached hydrogens (tertiary/aromatic N) is 6. The van der Waals surface area contributed by atoms with E-state index in [4.69, 9.17) is 29.7 Å². The van der Waals surface area contributed by atoms with Gasteiger partial charge in [-0.2, -0.15) is 20.5 Å². The first kappa shape index (κ1) is 27.5. The van der Waals surface area contributed by atoms with Crippen molar-refractivity contribution >= 4 is 40.4 Å². The standard InChI is InChI=1S/C31H26N8O3/c1-40-24-12-8-21(9-13-24)18-39-19-34-29-28(39)30(38-31(37-29)35-23-10-6-20(17-33)7-11-23)36-27-25(41-2)15-22(5-4-14-32)16-26(27)42-3/h4-13,15-16,19H,18H2,1-3H3,(H2,35,36,37,38)/b5-4+. The molecule has 42 heavy (non-hydrogen) atoms. The molecule has 0 unspecified atom stereocenters. The first-order valence-corrected chi connectivity index (χ1v) is 12.8. The molecule has 0 spiro atoms. The van der Waals surface area contributed by atoms with Crippen molar-refractivity contribution in [2.45, 2.75) is 6.54 Å². The molecule has 0 aliphatic heterocycles. The Labute approximate surface area is 242 Å². The number of ether oxygens (including phenoxy) is 3. The zero-order valence-corrected chi connectivity index (χ0v) is 23.1. The van der Waals surface area contributed by atoms with Crippen molar-refractivity contribution < 1.29 is 14.2 Å². The fourth-order valence-corrected chi connectivity index (χ4v) is 4.33. The number of allylic oxidation sites excluding steroid dienone is 1. The lowest BCUT2D eigenvalue weighted by Crippen LogP contribution is -2.07. The van der Waals surface area contributed by atoms with Crippen LogP contribution >= 0.6 is 0 Å². The molecule has 2 heterocycles. The lowest BCUT2D eigenvalue weighted by Gasteiger charge is -2.17. The Kier molecular flexibility index (Phi) is 8.12. The van der Waals surface area contributed by atoms with Gasteiger partial charge in [-0.1, -0.05) is 12.1 Å². The van der Waals surface area contributed by atoms with E-state index in [1.165, 1.54) is 6.08 Å². The Morgan fingerprint density at radius 3 is 2.21 bits per heavy atom.